The van der Waals surface area contributed by atoms with Gasteiger partial charge in [0, 0.05) is 49.9 Å². The number of rotatable bonds is 4. The van der Waals surface area contributed by atoms with Crippen molar-refractivity contribution >= 4 is 17.4 Å². The van der Waals surface area contributed by atoms with Crippen molar-refractivity contribution in [3.8, 4) is 0 Å². The maximum atomic E-state index is 13.2. The number of hydrogen-bond acceptors (Lipinski definition) is 5. The van der Waals surface area contributed by atoms with E-state index in [1.54, 1.807) is 17.2 Å². The molecule has 0 saturated carbocycles. The average Bonchev–Trinajstić information content (AvgIpc) is 3.17. The summed E-state index contributed by atoms with van der Waals surface area (Å²) in [6.07, 6.45) is 3.36. The highest BCUT2D eigenvalue weighted by molar-refractivity contribution is 6.06. The average molecular weight is 381 g/mol. The smallest absolute Gasteiger partial charge is 0.258 e. The minimum Gasteiger partial charge on any atom is -0.356 e. The molecule has 2 aromatic rings. The van der Waals surface area contributed by atoms with Crippen LogP contribution < -0.4 is 9.80 Å². The molecule has 6 heteroatoms. The minimum atomic E-state index is -0.409. The second-order valence-electron chi connectivity index (χ2n) is 7.39. The molecule has 0 atom stereocenters. The van der Waals surface area contributed by atoms with Crippen LogP contribution in [0.25, 0.3) is 0 Å². The number of anilines is 2. The van der Waals surface area contributed by atoms with Gasteiger partial charge in [-0.05, 0) is 43.7 Å². The van der Waals surface area contributed by atoms with Gasteiger partial charge in [-0.2, -0.15) is 0 Å². The van der Waals surface area contributed by atoms with Crippen LogP contribution in [0.5, 0.6) is 0 Å². The Hall–Kier alpha value is -2.44. The Balaban J connectivity index is 1.51. The number of ether oxygens (including phenoxy) is 2. The van der Waals surface area contributed by atoms with E-state index in [0.29, 0.717) is 25.3 Å². The fourth-order valence-electron chi connectivity index (χ4n) is 3.98. The molecule has 4 rings (SSSR count). The van der Waals surface area contributed by atoms with Crippen molar-refractivity contribution in [3.63, 3.8) is 0 Å². The van der Waals surface area contributed by atoms with Crippen LogP contribution in [0.3, 0.4) is 0 Å². The van der Waals surface area contributed by atoms with Crippen molar-refractivity contribution < 1.29 is 14.3 Å². The SMILES string of the molecule is CCN(C(=O)c1ccnc(N2CCC3(CC2)OCCO3)c1)c1cccc(C)c1. The third-order valence-corrected chi connectivity index (χ3v) is 5.53. The highest BCUT2D eigenvalue weighted by atomic mass is 16.7. The van der Waals surface area contributed by atoms with E-state index in [4.69, 9.17) is 9.47 Å². The predicted molar refractivity (Wildman–Crippen MR) is 109 cm³/mol. The molecular formula is C22H27N3O3. The van der Waals surface area contributed by atoms with Crippen LogP contribution in [0, 0.1) is 6.92 Å². The van der Waals surface area contributed by atoms with E-state index in [1.807, 2.05) is 44.2 Å². The Morgan fingerprint density at radius 1 is 1.18 bits per heavy atom. The van der Waals surface area contributed by atoms with Gasteiger partial charge in [-0.15, -0.1) is 0 Å². The van der Waals surface area contributed by atoms with E-state index >= 15 is 0 Å². The molecule has 2 aliphatic rings. The third kappa shape index (κ3) is 3.75. The first-order chi connectivity index (χ1) is 13.6. The Labute approximate surface area is 166 Å². The lowest BCUT2D eigenvalue weighted by atomic mass is 10.0. The molecule has 2 saturated heterocycles. The zero-order valence-electron chi connectivity index (χ0n) is 16.6. The number of aromatic nitrogens is 1. The standard InChI is InChI=1S/C22H27N3O3/c1-3-25(19-6-4-5-17(2)15-19)21(26)18-7-10-23-20(16-18)24-11-8-22(9-12-24)27-13-14-28-22/h4-7,10,15-16H,3,8-9,11-14H2,1-2H3. The lowest BCUT2D eigenvalue weighted by Crippen LogP contribution is -2.45. The molecule has 0 aliphatic carbocycles. The maximum Gasteiger partial charge on any atom is 0.258 e. The highest BCUT2D eigenvalue weighted by Gasteiger charge is 2.40. The number of aryl methyl sites for hydroxylation is 1. The van der Waals surface area contributed by atoms with Crippen LogP contribution in [0.1, 0.15) is 35.7 Å². The monoisotopic (exact) mass is 381 g/mol. The Morgan fingerprint density at radius 2 is 1.93 bits per heavy atom. The van der Waals surface area contributed by atoms with Crippen LogP contribution in [0.2, 0.25) is 0 Å². The molecule has 0 radical (unpaired) electrons. The summed E-state index contributed by atoms with van der Waals surface area (Å²) >= 11 is 0. The fourth-order valence-corrected chi connectivity index (χ4v) is 3.98. The van der Waals surface area contributed by atoms with Gasteiger partial charge in [0.1, 0.15) is 5.82 Å². The van der Waals surface area contributed by atoms with E-state index in [-0.39, 0.29) is 5.91 Å². The largest absolute Gasteiger partial charge is 0.356 e. The molecule has 1 aromatic heterocycles. The van der Waals surface area contributed by atoms with Crippen LogP contribution in [-0.4, -0.2) is 49.5 Å². The Bertz CT molecular complexity index is 838. The van der Waals surface area contributed by atoms with E-state index in [2.05, 4.69) is 9.88 Å². The van der Waals surface area contributed by atoms with Crippen LogP contribution in [0.15, 0.2) is 42.6 Å². The number of nitrogens with zero attached hydrogens (tertiary/aromatic N) is 3. The van der Waals surface area contributed by atoms with Crippen LogP contribution in [0.4, 0.5) is 11.5 Å². The van der Waals surface area contributed by atoms with Crippen LogP contribution in [-0.2, 0) is 9.47 Å². The molecule has 2 aliphatic heterocycles. The van der Waals surface area contributed by atoms with Crippen molar-refractivity contribution in [1.82, 2.24) is 4.98 Å². The van der Waals surface area contributed by atoms with Gasteiger partial charge in [0.25, 0.3) is 5.91 Å². The molecule has 148 valence electrons. The fraction of sp³-hybridized carbons (Fsp3) is 0.455. The lowest BCUT2D eigenvalue weighted by molar-refractivity contribution is -0.169. The van der Waals surface area contributed by atoms with Crippen molar-refractivity contribution in [3.05, 3.63) is 53.7 Å². The summed E-state index contributed by atoms with van der Waals surface area (Å²) in [5, 5.41) is 0. The highest BCUT2D eigenvalue weighted by Crippen LogP contribution is 2.33. The number of pyridine rings is 1. The minimum absolute atomic E-state index is 0.00677. The van der Waals surface area contributed by atoms with E-state index in [1.165, 1.54) is 0 Å². The summed E-state index contributed by atoms with van der Waals surface area (Å²) < 4.78 is 11.6. The summed E-state index contributed by atoms with van der Waals surface area (Å²) in [6, 6.07) is 11.7. The zero-order chi connectivity index (χ0) is 19.6. The number of carbonyl (C=O) groups is 1. The van der Waals surface area contributed by atoms with Crippen LogP contribution >= 0.6 is 0 Å². The van der Waals surface area contributed by atoms with E-state index < -0.39 is 5.79 Å². The van der Waals surface area contributed by atoms with Gasteiger partial charge in [0.15, 0.2) is 5.79 Å². The first kappa shape index (κ1) is 18.9. The number of piperidine rings is 1. The molecule has 0 unspecified atom stereocenters. The van der Waals surface area contributed by atoms with Gasteiger partial charge >= 0.3 is 0 Å². The molecule has 6 nitrogen and oxygen atoms in total. The first-order valence-corrected chi connectivity index (χ1v) is 9.98. The number of hydrogen-bond donors (Lipinski definition) is 0. The molecule has 3 heterocycles. The molecule has 1 spiro atoms. The number of benzene rings is 1. The third-order valence-electron chi connectivity index (χ3n) is 5.53. The summed E-state index contributed by atoms with van der Waals surface area (Å²) in [7, 11) is 0. The molecular weight excluding hydrogens is 354 g/mol. The number of amides is 1. The van der Waals surface area contributed by atoms with Gasteiger partial charge in [-0.1, -0.05) is 12.1 Å². The summed E-state index contributed by atoms with van der Waals surface area (Å²) in [4.78, 5) is 21.7. The maximum absolute atomic E-state index is 13.2. The molecule has 2 fully saturated rings. The summed E-state index contributed by atoms with van der Waals surface area (Å²) in [5.41, 5.74) is 2.71. The molecule has 0 bridgehead atoms. The van der Waals surface area contributed by atoms with E-state index in [9.17, 15) is 4.79 Å². The van der Waals surface area contributed by atoms with E-state index in [0.717, 1.165) is 43.0 Å². The molecule has 1 aromatic carbocycles. The molecule has 1 amide bonds. The topological polar surface area (TPSA) is 54.9 Å². The zero-order valence-corrected chi connectivity index (χ0v) is 16.6. The van der Waals surface area contributed by atoms with Gasteiger partial charge in [0.2, 0.25) is 0 Å². The number of carbonyl (C=O) groups excluding carboxylic acids is 1. The lowest BCUT2D eigenvalue weighted by Gasteiger charge is -2.38. The second-order valence-corrected chi connectivity index (χ2v) is 7.39. The molecule has 0 N–H and O–H groups in total. The van der Waals surface area contributed by atoms with Gasteiger partial charge in [0.05, 0.1) is 13.2 Å². The predicted octanol–water partition coefficient (Wildman–Crippen LogP) is 3.40. The quantitative estimate of drug-likeness (QED) is 0.812. The van der Waals surface area contributed by atoms with Crippen molar-refractivity contribution in [2.45, 2.75) is 32.5 Å². The van der Waals surface area contributed by atoms with Gasteiger partial charge in [-0.25, -0.2) is 4.98 Å². The second kappa shape index (κ2) is 7.89. The van der Waals surface area contributed by atoms with Crippen molar-refractivity contribution in [2.24, 2.45) is 0 Å². The van der Waals surface area contributed by atoms with Crippen molar-refractivity contribution in [1.29, 1.82) is 0 Å². The Morgan fingerprint density at radius 3 is 2.61 bits per heavy atom. The van der Waals surface area contributed by atoms with Gasteiger partial charge in [-0.3, -0.25) is 4.79 Å². The van der Waals surface area contributed by atoms with Crippen molar-refractivity contribution in [2.75, 3.05) is 42.6 Å². The summed E-state index contributed by atoms with van der Waals surface area (Å²) in [5.74, 6) is 0.417. The first-order valence-electron chi connectivity index (χ1n) is 9.98. The molecule has 28 heavy (non-hydrogen) atoms. The Kier molecular flexibility index (Phi) is 5.33. The summed E-state index contributed by atoms with van der Waals surface area (Å²) in [6.45, 7) is 7.60. The normalized spacial score (nSPS) is 18.4. The van der Waals surface area contributed by atoms with Gasteiger partial charge < -0.3 is 19.3 Å².